The summed E-state index contributed by atoms with van der Waals surface area (Å²) >= 11 is 1.31. The molecule has 150 valence electrons. The molecule has 2 amide bonds. The first-order chi connectivity index (χ1) is 14.1. The van der Waals surface area contributed by atoms with Gasteiger partial charge in [-0.15, -0.1) is 6.58 Å². The highest BCUT2D eigenvalue weighted by molar-refractivity contribution is 8.15. The highest BCUT2D eigenvalue weighted by Crippen LogP contribution is 2.31. The average Bonchev–Trinajstić information content (AvgIpc) is 2.99. The molecule has 1 atom stereocenters. The molecule has 1 aliphatic rings. The number of aliphatic imine (C=N–C) groups is 1. The van der Waals surface area contributed by atoms with Crippen molar-refractivity contribution in [3.63, 3.8) is 0 Å². The van der Waals surface area contributed by atoms with Crippen LogP contribution in [0.15, 0.2) is 72.2 Å². The third-order valence-corrected chi connectivity index (χ3v) is 5.31. The number of benzene rings is 2. The molecule has 1 heterocycles. The van der Waals surface area contributed by atoms with Crippen molar-refractivity contribution in [3.8, 4) is 5.75 Å². The van der Waals surface area contributed by atoms with Gasteiger partial charge in [-0.1, -0.05) is 36.0 Å². The van der Waals surface area contributed by atoms with Crippen LogP contribution in [0.3, 0.4) is 0 Å². The van der Waals surface area contributed by atoms with E-state index in [-0.39, 0.29) is 18.2 Å². The molecule has 29 heavy (non-hydrogen) atoms. The number of carbonyl (C=O) groups excluding carboxylic acids is 2. The lowest BCUT2D eigenvalue weighted by atomic mass is 10.2. The molecule has 1 N–H and O–H groups in total. The van der Waals surface area contributed by atoms with Crippen LogP contribution in [0.1, 0.15) is 13.3 Å². The first-order valence-corrected chi connectivity index (χ1v) is 10.2. The monoisotopic (exact) mass is 409 g/mol. The van der Waals surface area contributed by atoms with Crippen molar-refractivity contribution in [1.29, 1.82) is 0 Å². The highest BCUT2D eigenvalue weighted by atomic mass is 32.2. The number of hydrogen-bond donors (Lipinski definition) is 1. The number of nitrogens with one attached hydrogen (secondary N) is 1. The van der Waals surface area contributed by atoms with E-state index in [1.54, 1.807) is 35.2 Å². The summed E-state index contributed by atoms with van der Waals surface area (Å²) in [5.41, 5.74) is 1.42. The Kier molecular flexibility index (Phi) is 7.08. The van der Waals surface area contributed by atoms with E-state index < -0.39 is 5.25 Å². The molecule has 6 nitrogen and oxygen atoms in total. The number of para-hydroxylation sites is 1. The number of ether oxygens (including phenoxy) is 1. The van der Waals surface area contributed by atoms with Crippen LogP contribution in [-0.2, 0) is 9.59 Å². The maximum absolute atomic E-state index is 12.8. The van der Waals surface area contributed by atoms with Crippen LogP contribution in [0, 0.1) is 0 Å². The fourth-order valence-corrected chi connectivity index (χ4v) is 3.98. The highest BCUT2D eigenvalue weighted by Gasteiger charge is 2.38. The van der Waals surface area contributed by atoms with Crippen molar-refractivity contribution in [3.05, 3.63) is 67.3 Å². The molecular formula is C22H23N3O3S. The lowest BCUT2D eigenvalue weighted by Gasteiger charge is -2.13. The van der Waals surface area contributed by atoms with E-state index >= 15 is 0 Å². The molecule has 0 aliphatic carbocycles. The van der Waals surface area contributed by atoms with Gasteiger partial charge >= 0.3 is 0 Å². The fraction of sp³-hybridized carbons (Fsp3) is 0.227. The summed E-state index contributed by atoms with van der Waals surface area (Å²) < 4.78 is 5.40. The van der Waals surface area contributed by atoms with E-state index in [0.29, 0.717) is 24.0 Å². The van der Waals surface area contributed by atoms with Crippen molar-refractivity contribution < 1.29 is 14.3 Å². The molecule has 0 aromatic heterocycles. The number of hydrogen-bond acceptors (Lipinski definition) is 5. The third-order valence-electron chi connectivity index (χ3n) is 4.13. The van der Waals surface area contributed by atoms with Crippen molar-refractivity contribution in [2.45, 2.75) is 18.6 Å². The van der Waals surface area contributed by atoms with E-state index in [1.165, 1.54) is 11.8 Å². The molecule has 1 aliphatic heterocycles. The van der Waals surface area contributed by atoms with Gasteiger partial charge in [0.25, 0.3) is 0 Å². The molecule has 0 radical (unpaired) electrons. The van der Waals surface area contributed by atoms with Gasteiger partial charge < -0.3 is 10.1 Å². The Morgan fingerprint density at radius 2 is 1.97 bits per heavy atom. The van der Waals surface area contributed by atoms with Gasteiger partial charge in [-0.2, -0.15) is 0 Å². The van der Waals surface area contributed by atoms with Gasteiger partial charge in [0.1, 0.15) is 11.0 Å². The van der Waals surface area contributed by atoms with Crippen LogP contribution in [0.2, 0.25) is 0 Å². The standard InChI is InChI=1S/C22H23N3O3S/c1-3-14-25-21(27)19(29-22(25)24-16-8-6-5-7-9-16)15-20(26)23-17-10-12-18(13-11-17)28-4-2/h3,5-13,19H,1,4,14-15H2,2H3,(H,23,26)/t19-/m0/s1. The Morgan fingerprint density at radius 1 is 1.24 bits per heavy atom. The minimum atomic E-state index is -0.514. The average molecular weight is 410 g/mol. The second kappa shape index (κ2) is 9.93. The molecule has 0 saturated carbocycles. The second-order valence-corrected chi connectivity index (χ2v) is 7.45. The van der Waals surface area contributed by atoms with Crippen LogP contribution in [-0.4, -0.2) is 40.3 Å². The predicted molar refractivity (Wildman–Crippen MR) is 118 cm³/mol. The zero-order chi connectivity index (χ0) is 20.6. The number of amidine groups is 1. The normalized spacial score (nSPS) is 17.4. The molecule has 0 unspecified atom stereocenters. The van der Waals surface area contributed by atoms with Crippen molar-refractivity contribution >= 4 is 40.1 Å². The minimum absolute atomic E-state index is 0.0676. The van der Waals surface area contributed by atoms with Crippen molar-refractivity contribution in [2.24, 2.45) is 4.99 Å². The molecule has 3 rings (SSSR count). The zero-order valence-corrected chi connectivity index (χ0v) is 17.0. The fourth-order valence-electron chi connectivity index (χ4n) is 2.82. The maximum atomic E-state index is 12.8. The summed E-state index contributed by atoms with van der Waals surface area (Å²) in [5.74, 6) is 0.389. The molecule has 0 bridgehead atoms. The van der Waals surface area contributed by atoms with E-state index in [4.69, 9.17) is 4.74 Å². The summed E-state index contributed by atoms with van der Waals surface area (Å²) in [6.07, 6.45) is 1.72. The topological polar surface area (TPSA) is 71.0 Å². The molecule has 1 fully saturated rings. The summed E-state index contributed by atoms with van der Waals surface area (Å²) in [6.45, 7) is 6.57. The van der Waals surface area contributed by atoms with Gasteiger partial charge in [-0.3, -0.25) is 14.5 Å². The molecule has 1 saturated heterocycles. The number of amides is 2. The molecule has 7 heteroatoms. The maximum Gasteiger partial charge on any atom is 0.242 e. The number of anilines is 1. The van der Waals surface area contributed by atoms with E-state index in [9.17, 15) is 9.59 Å². The Labute approximate surface area is 174 Å². The number of thioether (sulfide) groups is 1. The number of rotatable bonds is 8. The molecule has 2 aromatic rings. The van der Waals surface area contributed by atoms with Gasteiger partial charge in [0.05, 0.1) is 12.3 Å². The summed E-state index contributed by atoms with van der Waals surface area (Å²) in [6, 6.07) is 16.6. The number of nitrogens with zero attached hydrogens (tertiary/aromatic N) is 2. The third kappa shape index (κ3) is 5.48. The summed E-state index contributed by atoms with van der Waals surface area (Å²) in [7, 11) is 0. The lowest BCUT2D eigenvalue weighted by molar-refractivity contribution is -0.127. The molecule has 2 aromatic carbocycles. The van der Waals surface area contributed by atoms with Gasteiger partial charge in [0.15, 0.2) is 5.17 Å². The van der Waals surface area contributed by atoms with Crippen LogP contribution >= 0.6 is 11.8 Å². The van der Waals surface area contributed by atoms with Crippen molar-refractivity contribution in [2.75, 3.05) is 18.5 Å². The van der Waals surface area contributed by atoms with Crippen LogP contribution in [0.5, 0.6) is 5.75 Å². The zero-order valence-electron chi connectivity index (χ0n) is 16.2. The first kappa shape index (κ1) is 20.7. The van der Waals surface area contributed by atoms with Gasteiger partial charge in [0, 0.05) is 18.7 Å². The SMILES string of the molecule is C=CCN1C(=O)[C@H](CC(=O)Nc2ccc(OCC)cc2)SC1=Nc1ccccc1. The Morgan fingerprint density at radius 3 is 2.62 bits per heavy atom. The second-order valence-electron chi connectivity index (χ2n) is 6.28. The van der Waals surface area contributed by atoms with Crippen LogP contribution < -0.4 is 10.1 Å². The molecular weight excluding hydrogens is 386 g/mol. The Hall–Kier alpha value is -3.06. The van der Waals surface area contributed by atoms with Crippen molar-refractivity contribution in [1.82, 2.24) is 4.90 Å². The predicted octanol–water partition coefficient (Wildman–Crippen LogP) is 4.23. The van der Waals surface area contributed by atoms with Gasteiger partial charge in [-0.25, -0.2) is 4.99 Å². The van der Waals surface area contributed by atoms with Crippen LogP contribution in [0.4, 0.5) is 11.4 Å². The summed E-state index contributed by atoms with van der Waals surface area (Å²) in [5, 5.41) is 2.90. The summed E-state index contributed by atoms with van der Waals surface area (Å²) in [4.78, 5) is 31.4. The smallest absolute Gasteiger partial charge is 0.242 e. The van der Waals surface area contributed by atoms with E-state index in [0.717, 1.165) is 11.4 Å². The quantitative estimate of drug-likeness (QED) is 0.663. The number of carbonyl (C=O) groups is 2. The molecule has 0 spiro atoms. The van der Waals surface area contributed by atoms with E-state index in [1.807, 2.05) is 37.3 Å². The van der Waals surface area contributed by atoms with Gasteiger partial charge in [-0.05, 0) is 43.3 Å². The Balaban J connectivity index is 1.66. The van der Waals surface area contributed by atoms with Crippen LogP contribution in [0.25, 0.3) is 0 Å². The Bertz CT molecular complexity index is 897. The lowest BCUT2D eigenvalue weighted by Crippen LogP contribution is -2.33. The minimum Gasteiger partial charge on any atom is -0.494 e. The van der Waals surface area contributed by atoms with E-state index in [2.05, 4.69) is 16.9 Å². The first-order valence-electron chi connectivity index (χ1n) is 9.36. The largest absolute Gasteiger partial charge is 0.494 e. The van der Waals surface area contributed by atoms with Gasteiger partial charge in [0.2, 0.25) is 11.8 Å².